The number of phenols is 2. The Balaban J connectivity index is 1.26. The highest BCUT2D eigenvalue weighted by atomic mass is 32.2. The van der Waals surface area contributed by atoms with Gasteiger partial charge in [-0.15, -0.1) is 11.8 Å². The zero-order chi connectivity index (χ0) is 20.8. The first-order valence-electron chi connectivity index (χ1n) is 9.46. The fraction of sp³-hybridized carbons (Fsp3) is 0.526. The number of phenolic OH excluding ortho intramolecular Hbond substituents is 2. The number of piperazine rings is 1. The van der Waals surface area contributed by atoms with Gasteiger partial charge >= 0.3 is 6.09 Å². The Bertz CT molecular complexity index is 856. The van der Waals surface area contributed by atoms with E-state index in [2.05, 4.69) is 0 Å². The number of ether oxygens (including phenoxy) is 1. The molecule has 29 heavy (non-hydrogen) atoms. The van der Waals surface area contributed by atoms with E-state index in [1.54, 1.807) is 21.6 Å². The molecule has 2 atom stereocenters. The first-order chi connectivity index (χ1) is 13.8. The standard InChI is InChI=1S/C19H23N3O6S/c1-19(10-22-15(25)9-16(22)29-19)11-28-18(27)21-6-4-20(5-7-21)17(26)12-2-3-13(23)14(24)8-12/h2-3,8,16,23-24H,4-7,9-11H2,1H3/t16-,19-/m1/s1. The molecule has 3 aliphatic heterocycles. The molecular formula is C19H23N3O6S. The van der Waals surface area contributed by atoms with Crippen molar-refractivity contribution >= 4 is 29.7 Å². The van der Waals surface area contributed by atoms with Gasteiger partial charge in [-0.3, -0.25) is 9.59 Å². The van der Waals surface area contributed by atoms with E-state index in [9.17, 15) is 24.6 Å². The normalized spacial score (nSPS) is 26.2. The molecule has 0 aromatic heterocycles. The molecule has 0 spiro atoms. The lowest BCUT2D eigenvalue weighted by atomic mass is 10.1. The molecule has 3 fully saturated rings. The molecule has 0 unspecified atom stereocenters. The van der Waals surface area contributed by atoms with Gasteiger partial charge in [0.2, 0.25) is 5.91 Å². The summed E-state index contributed by atoms with van der Waals surface area (Å²) < 4.78 is 5.21. The van der Waals surface area contributed by atoms with Gasteiger partial charge in [-0.1, -0.05) is 0 Å². The van der Waals surface area contributed by atoms with Gasteiger partial charge < -0.3 is 29.6 Å². The number of aromatic hydroxyl groups is 2. The molecule has 1 aromatic carbocycles. The first-order valence-corrected chi connectivity index (χ1v) is 10.3. The minimum absolute atomic E-state index is 0.153. The number of amides is 3. The van der Waals surface area contributed by atoms with Crippen LogP contribution >= 0.6 is 11.8 Å². The van der Waals surface area contributed by atoms with Crippen molar-refractivity contribution < 1.29 is 29.3 Å². The van der Waals surface area contributed by atoms with Crippen LogP contribution in [0.3, 0.4) is 0 Å². The summed E-state index contributed by atoms with van der Waals surface area (Å²) in [7, 11) is 0. The van der Waals surface area contributed by atoms with Crippen LogP contribution in [0.25, 0.3) is 0 Å². The summed E-state index contributed by atoms with van der Waals surface area (Å²) in [5.74, 6) is -0.738. The van der Waals surface area contributed by atoms with E-state index >= 15 is 0 Å². The molecule has 2 N–H and O–H groups in total. The number of β-lactam (4-membered cyclic amide) rings is 1. The van der Waals surface area contributed by atoms with E-state index in [4.69, 9.17) is 4.74 Å². The lowest BCUT2D eigenvalue weighted by Crippen LogP contribution is -2.51. The molecule has 9 nitrogen and oxygen atoms in total. The van der Waals surface area contributed by atoms with Gasteiger partial charge in [0.05, 0.1) is 16.5 Å². The van der Waals surface area contributed by atoms with Crippen LogP contribution in [-0.2, 0) is 9.53 Å². The summed E-state index contributed by atoms with van der Waals surface area (Å²) in [5, 5.41) is 19.1. The molecule has 4 rings (SSSR count). The molecule has 3 heterocycles. The third kappa shape index (κ3) is 3.81. The van der Waals surface area contributed by atoms with Crippen LogP contribution in [0.1, 0.15) is 23.7 Å². The minimum atomic E-state index is -0.415. The molecule has 1 aromatic rings. The number of nitrogens with zero attached hydrogens (tertiary/aromatic N) is 3. The maximum Gasteiger partial charge on any atom is 0.409 e. The number of thioether (sulfide) groups is 1. The van der Waals surface area contributed by atoms with Gasteiger partial charge in [0.25, 0.3) is 5.91 Å². The minimum Gasteiger partial charge on any atom is -0.504 e. The molecule has 3 saturated heterocycles. The van der Waals surface area contributed by atoms with Gasteiger partial charge in [-0.2, -0.15) is 0 Å². The van der Waals surface area contributed by atoms with Gasteiger partial charge in [0.15, 0.2) is 11.5 Å². The highest BCUT2D eigenvalue weighted by Crippen LogP contribution is 2.46. The van der Waals surface area contributed by atoms with Crippen LogP contribution < -0.4 is 0 Å². The van der Waals surface area contributed by atoms with E-state index in [-0.39, 0.29) is 45.6 Å². The molecule has 10 heteroatoms. The second-order valence-electron chi connectivity index (χ2n) is 7.79. The Morgan fingerprint density at radius 2 is 1.86 bits per heavy atom. The Labute approximate surface area is 172 Å². The SMILES string of the molecule is C[C@]1(COC(=O)N2CCN(C(=O)c3ccc(O)c(O)c3)CC2)CN2C(=O)C[C@H]2S1. The van der Waals surface area contributed by atoms with Crippen LogP contribution in [0, 0.1) is 0 Å². The highest BCUT2D eigenvalue weighted by Gasteiger charge is 2.51. The van der Waals surface area contributed by atoms with Gasteiger partial charge in [-0.25, -0.2) is 4.79 Å². The highest BCUT2D eigenvalue weighted by molar-refractivity contribution is 8.01. The van der Waals surface area contributed by atoms with Crippen molar-refractivity contribution in [1.29, 1.82) is 0 Å². The zero-order valence-corrected chi connectivity index (χ0v) is 16.9. The zero-order valence-electron chi connectivity index (χ0n) is 16.0. The Morgan fingerprint density at radius 3 is 2.48 bits per heavy atom. The lowest BCUT2D eigenvalue weighted by molar-refractivity contribution is -0.140. The monoisotopic (exact) mass is 421 g/mol. The average molecular weight is 421 g/mol. The van der Waals surface area contributed by atoms with Crippen molar-refractivity contribution in [2.75, 3.05) is 39.3 Å². The number of fused-ring (bicyclic) bond motifs is 1. The van der Waals surface area contributed by atoms with E-state index < -0.39 is 6.09 Å². The Kier molecular flexibility index (Phi) is 4.97. The van der Waals surface area contributed by atoms with Crippen LogP contribution in [0.5, 0.6) is 11.5 Å². The molecule has 0 bridgehead atoms. The topological polar surface area (TPSA) is 111 Å². The summed E-state index contributed by atoms with van der Waals surface area (Å²) in [5.41, 5.74) is 0.279. The summed E-state index contributed by atoms with van der Waals surface area (Å²) >= 11 is 1.68. The number of carbonyl (C=O) groups excluding carboxylic acids is 3. The molecule has 3 amide bonds. The average Bonchev–Trinajstić information content (AvgIpc) is 2.99. The number of benzene rings is 1. The van der Waals surface area contributed by atoms with Crippen molar-refractivity contribution in [2.45, 2.75) is 23.5 Å². The van der Waals surface area contributed by atoms with E-state index in [1.165, 1.54) is 18.2 Å². The van der Waals surface area contributed by atoms with Crippen LogP contribution in [0.2, 0.25) is 0 Å². The predicted octanol–water partition coefficient (Wildman–Crippen LogP) is 1.06. The summed E-state index contributed by atoms with van der Waals surface area (Å²) in [4.78, 5) is 41.5. The maximum atomic E-state index is 12.5. The maximum absolute atomic E-state index is 12.5. The molecule has 0 radical (unpaired) electrons. The van der Waals surface area contributed by atoms with Gasteiger partial charge in [-0.05, 0) is 25.1 Å². The number of hydrogen-bond donors (Lipinski definition) is 2. The number of hydrogen-bond acceptors (Lipinski definition) is 7. The van der Waals surface area contributed by atoms with Crippen molar-refractivity contribution in [2.24, 2.45) is 0 Å². The van der Waals surface area contributed by atoms with E-state index in [0.717, 1.165) is 0 Å². The van der Waals surface area contributed by atoms with E-state index in [1.807, 2.05) is 11.8 Å². The van der Waals surface area contributed by atoms with Crippen LogP contribution in [-0.4, -0.2) is 92.3 Å². The van der Waals surface area contributed by atoms with Crippen molar-refractivity contribution in [3.05, 3.63) is 23.8 Å². The Morgan fingerprint density at radius 1 is 1.17 bits per heavy atom. The predicted molar refractivity (Wildman–Crippen MR) is 105 cm³/mol. The van der Waals surface area contributed by atoms with Crippen LogP contribution in [0.15, 0.2) is 18.2 Å². The Hall–Kier alpha value is -2.62. The van der Waals surface area contributed by atoms with Crippen molar-refractivity contribution in [1.82, 2.24) is 14.7 Å². The van der Waals surface area contributed by atoms with Crippen LogP contribution in [0.4, 0.5) is 4.79 Å². The molecule has 0 saturated carbocycles. The smallest absolute Gasteiger partial charge is 0.409 e. The summed E-state index contributed by atoms with van der Waals surface area (Å²) in [6.45, 7) is 4.24. The van der Waals surface area contributed by atoms with Gasteiger partial charge in [0, 0.05) is 38.3 Å². The third-order valence-electron chi connectivity index (χ3n) is 5.49. The molecular weight excluding hydrogens is 398 g/mol. The number of rotatable bonds is 3. The van der Waals surface area contributed by atoms with Gasteiger partial charge in [0.1, 0.15) is 6.61 Å². The second-order valence-corrected chi connectivity index (χ2v) is 9.55. The largest absolute Gasteiger partial charge is 0.504 e. The quantitative estimate of drug-likeness (QED) is 0.555. The first kappa shape index (κ1) is 19.7. The molecule has 3 aliphatic rings. The number of carbonyl (C=O) groups is 3. The summed E-state index contributed by atoms with van der Waals surface area (Å²) in [6.07, 6.45) is 0.144. The fourth-order valence-corrected chi connectivity index (χ4v) is 5.31. The van der Waals surface area contributed by atoms with E-state index in [0.29, 0.717) is 39.1 Å². The lowest BCUT2D eigenvalue weighted by Gasteiger charge is -2.34. The van der Waals surface area contributed by atoms with Crippen molar-refractivity contribution in [3.63, 3.8) is 0 Å². The second kappa shape index (κ2) is 7.33. The fourth-order valence-electron chi connectivity index (χ4n) is 3.76. The molecule has 156 valence electrons. The third-order valence-corrected chi connectivity index (χ3v) is 7.00. The summed E-state index contributed by atoms with van der Waals surface area (Å²) in [6, 6.07) is 3.95. The molecule has 0 aliphatic carbocycles. The van der Waals surface area contributed by atoms with Crippen molar-refractivity contribution in [3.8, 4) is 11.5 Å².